The third kappa shape index (κ3) is 14.2. The van der Waals surface area contributed by atoms with Crippen LogP contribution in [-0.2, 0) is 38.7 Å². The summed E-state index contributed by atoms with van der Waals surface area (Å²) in [5.41, 5.74) is 8.22. The number of aliphatic hydroxyl groups is 1. The molecule has 0 aliphatic rings. The minimum atomic E-state index is -1.44. The van der Waals surface area contributed by atoms with Gasteiger partial charge in [-0.3, -0.25) is 24.5 Å². The van der Waals surface area contributed by atoms with Gasteiger partial charge < -0.3 is 32.1 Å². The Bertz CT molecular complexity index is 1510. The Kier molecular flexibility index (Phi) is 18.0. The second-order valence-electron chi connectivity index (χ2n) is 14.0. The van der Waals surface area contributed by atoms with Crippen LogP contribution in [0.1, 0.15) is 70.1 Å². The van der Waals surface area contributed by atoms with Gasteiger partial charge in [-0.25, -0.2) is 0 Å². The van der Waals surface area contributed by atoms with Crippen molar-refractivity contribution >= 4 is 23.6 Å². The fourth-order valence-corrected chi connectivity index (χ4v) is 5.88. The van der Waals surface area contributed by atoms with Crippen molar-refractivity contribution in [2.45, 2.75) is 103 Å². The summed E-state index contributed by atoms with van der Waals surface area (Å²) < 4.78 is 0. The highest BCUT2D eigenvalue weighted by Gasteiger charge is 2.37. The summed E-state index contributed by atoms with van der Waals surface area (Å²) in [4.78, 5) is 54.3. The molecule has 11 heteroatoms. The SMILES string of the molecule is CC(C)C(NC(=O)CCCCCN)C(=O)NC(Cc1ccccc1)C(O)C(NCc1ccccc1)C(=O)N[C@@H](C(=O)NCc1ccccc1)C(C)C. The van der Waals surface area contributed by atoms with E-state index in [0.717, 1.165) is 29.5 Å². The molecule has 0 bridgehead atoms. The quantitative estimate of drug-likeness (QED) is 0.0782. The first-order valence-electron chi connectivity index (χ1n) is 18.4. The second kappa shape index (κ2) is 22.4. The van der Waals surface area contributed by atoms with E-state index in [-0.39, 0.29) is 43.0 Å². The van der Waals surface area contributed by atoms with E-state index in [2.05, 4.69) is 26.6 Å². The van der Waals surface area contributed by atoms with Crippen LogP contribution in [-0.4, -0.2) is 65.6 Å². The molecule has 52 heavy (non-hydrogen) atoms. The maximum absolute atomic E-state index is 14.2. The van der Waals surface area contributed by atoms with Gasteiger partial charge in [0.1, 0.15) is 18.1 Å². The summed E-state index contributed by atoms with van der Waals surface area (Å²) in [6.07, 6.45) is 1.34. The third-order valence-corrected chi connectivity index (χ3v) is 8.96. The number of unbranched alkanes of at least 4 members (excludes halogenated alkanes) is 2. The van der Waals surface area contributed by atoms with Gasteiger partial charge in [0.25, 0.3) is 0 Å². The standard InChI is InChI=1S/C41H58N6O5/c1-28(2)35(39(50)44-27-32-21-13-7-14-22-32)47-41(52)37(43-26-31-19-11-6-12-20-31)38(49)33(25-30-17-9-5-10-18-30)45-40(51)36(29(3)4)46-34(48)23-15-8-16-24-42/h5-7,9-14,17-22,28-29,33,35-38,43,49H,8,15-16,23-27,42H2,1-4H3,(H,44,50)(H,45,51)(H,46,48)(H,47,52)/t33?,35-,36?,37?,38?/m1/s1. The zero-order chi connectivity index (χ0) is 37.9. The van der Waals surface area contributed by atoms with Crippen molar-refractivity contribution in [2.75, 3.05) is 6.54 Å². The first kappa shape index (κ1) is 41.8. The lowest BCUT2D eigenvalue weighted by molar-refractivity contribution is -0.134. The van der Waals surface area contributed by atoms with Gasteiger partial charge in [0.15, 0.2) is 0 Å². The molecule has 3 rings (SSSR count). The smallest absolute Gasteiger partial charge is 0.243 e. The predicted molar refractivity (Wildman–Crippen MR) is 205 cm³/mol. The summed E-state index contributed by atoms with van der Waals surface area (Å²) in [6.45, 7) is 8.46. The molecule has 0 radical (unpaired) electrons. The molecule has 0 fully saturated rings. The van der Waals surface area contributed by atoms with E-state index in [1.54, 1.807) is 0 Å². The Morgan fingerprint density at radius 3 is 1.63 bits per heavy atom. The van der Waals surface area contributed by atoms with Gasteiger partial charge in [-0.15, -0.1) is 0 Å². The molecule has 11 nitrogen and oxygen atoms in total. The van der Waals surface area contributed by atoms with Crippen molar-refractivity contribution < 1.29 is 24.3 Å². The molecule has 0 aliphatic carbocycles. The van der Waals surface area contributed by atoms with Crippen LogP contribution < -0.4 is 32.3 Å². The fraction of sp³-hybridized carbons (Fsp3) is 0.463. The first-order valence-corrected chi connectivity index (χ1v) is 18.4. The summed E-state index contributed by atoms with van der Waals surface area (Å²) in [5.74, 6) is -2.16. The highest BCUT2D eigenvalue weighted by atomic mass is 16.3. The van der Waals surface area contributed by atoms with Gasteiger partial charge in [0, 0.05) is 19.5 Å². The molecule has 0 aliphatic heterocycles. The molecule has 4 amide bonds. The highest BCUT2D eigenvalue weighted by molar-refractivity contribution is 5.91. The van der Waals surface area contributed by atoms with Crippen LogP contribution in [0.3, 0.4) is 0 Å². The normalized spacial score (nSPS) is 14.2. The van der Waals surface area contributed by atoms with Crippen molar-refractivity contribution in [3.8, 4) is 0 Å². The van der Waals surface area contributed by atoms with E-state index in [4.69, 9.17) is 5.73 Å². The number of hydrogen-bond acceptors (Lipinski definition) is 7. The molecular weight excluding hydrogens is 656 g/mol. The van der Waals surface area contributed by atoms with Gasteiger partial charge in [-0.2, -0.15) is 0 Å². The molecule has 8 N–H and O–H groups in total. The number of rotatable bonds is 22. The van der Waals surface area contributed by atoms with Crippen molar-refractivity contribution in [2.24, 2.45) is 17.6 Å². The van der Waals surface area contributed by atoms with Crippen LogP contribution in [0.2, 0.25) is 0 Å². The monoisotopic (exact) mass is 714 g/mol. The molecule has 4 unspecified atom stereocenters. The van der Waals surface area contributed by atoms with Crippen LogP contribution in [0.4, 0.5) is 0 Å². The average Bonchev–Trinajstić information content (AvgIpc) is 3.14. The minimum Gasteiger partial charge on any atom is -0.389 e. The zero-order valence-corrected chi connectivity index (χ0v) is 31.0. The van der Waals surface area contributed by atoms with Crippen LogP contribution >= 0.6 is 0 Å². The number of nitrogens with one attached hydrogen (secondary N) is 5. The number of carbonyl (C=O) groups excluding carboxylic acids is 4. The minimum absolute atomic E-state index is 0.202. The Hall–Kier alpha value is -4.58. The Morgan fingerprint density at radius 1 is 0.596 bits per heavy atom. The fourth-order valence-electron chi connectivity index (χ4n) is 5.88. The van der Waals surface area contributed by atoms with Gasteiger partial charge in [0.05, 0.1) is 12.1 Å². The lowest BCUT2D eigenvalue weighted by Crippen LogP contribution is -2.63. The number of carbonyl (C=O) groups is 4. The lowest BCUT2D eigenvalue weighted by Gasteiger charge is -2.33. The zero-order valence-electron chi connectivity index (χ0n) is 31.0. The van der Waals surface area contributed by atoms with Crippen molar-refractivity contribution in [1.29, 1.82) is 0 Å². The van der Waals surface area contributed by atoms with E-state index in [1.165, 1.54) is 0 Å². The summed E-state index contributed by atoms with van der Waals surface area (Å²) in [5, 5.41) is 27.0. The molecule has 0 saturated heterocycles. The Morgan fingerprint density at radius 2 is 1.10 bits per heavy atom. The van der Waals surface area contributed by atoms with Gasteiger partial charge in [-0.05, 0) is 54.3 Å². The third-order valence-electron chi connectivity index (χ3n) is 8.96. The maximum Gasteiger partial charge on any atom is 0.243 e. The van der Waals surface area contributed by atoms with E-state index >= 15 is 0 Å². The summed E-state index contributed by atoms with van der Waals surface area (Å²) in [7, 11) is 0. The van der Waals surface area contributed by atoms with E-state index in [1.807, 2.05) is 119 Å². The van der Waals surface area contributed by atoms with Crippen molar-refractivity contribution in [1.82, 2.24) is 26.6 Å². The van der Waals surface area contributed by atoms with Crippen LogP contribution in [0, 0.1) is 11.8 Å². The Balaban J connectivity index is 1.88. The number of hydrogen-bond donors (Lipinski definition) is 7. The lowest BCUT2D eigenvalue weighted by atomic mass is 9.93. The molecule has 282 valence electrons. The summed E-state index contributed by atoms with van der Waals surface area (Å²) in [6, 6.07) is 24.4. The summed E-state index contributed by atoms with van der Waals surface area (Å²) >= 11 is 0. The van der Waals surface area contributed by atoms with Gasteiger partial charge in [0.2, 0.25) is 23.6 Å². The molecule has 3 aromatic carbocycles. The van der Waals surface area contributed by atoms with Crippen LogP contribution in [0.25, 0.3) is 0 Å². The largest absolute Gasteiger partial charge is 0.389 e. The maximum atomic E-state index is 14.2. The highest BCUT2D eigenvalue weighted by Crippen LogP contribution is 2.14. The molecule has 3 aromatic rings. The average molecular weight is 715 g/mol. The van der Waals surface area contributed by atoms with E-state index in [0.29, 0.717) is 19.5 Å². The number of aliphatic hydroxyl groups excluding tert-OH is 1. The van der Waals surface area contributed by atoms with Crippen LogP contribution in [0.15, 0.2) is 91.0 Å². The predicted octanol–water partition coefficient (Wildman–Crippen LogP) is 3.35. The van der Waals surface area contributed by atoms with Gasteiger partial charge in [-0.1, -0.05) is 125 Å². The molecule has 0 aromatic heterocycles. The molecular formula is C41H58N6O5. The van der Waals surface area contributed by atoms with E-state index in [9.17, 15) is 24.3 Å². The van der Waals surface area contributed by atoms with E-state index < -0.39 is 42.1 Å². The number of nitrogens with two attached hydrogens (primary N) is 1. The molecule has 0 saturated carbocycles. The van der Waals surface area contributed by atoms with Gasteiger partial charge >= 0.3 is 0 Å². The van der Waals surface area contributed by atoms with Crippen molar-refractivity contribution in [3.05, 3.63) is 108 Å². The van der Waals surface area contributed by atoms with Crippen molar-refractivity contribution in [3.63, 3.8) is 0 Å². The first-order chi connectivity index (χ1) is 25.0. The Labute approximate surface area is 308 Å². The molecule has 0 heterocycles. The number of benzene rings is 3. The molecule has 0 spiro atoms. The number of amides is 4. The topological polar surface area (TPSA) is 175 Å². The molecule has 5 atom stereocenters. The van der Waals surface area contributed by atoms with Crippen LogP contribution in [0.5, 0.6) is 0 Å². The second-order valence-corrected chi connectivity index (χ2v) is 14.0.